The summed E-state index contributed by atoms with van der Waals surface area (Å²) >= 11 is 5.36. The highest BCUT2D eigenvalue weighted by atomic mass is 79.9. The molecule has 0 amide bonds. The number of aromatic nitrogens is 1. The minimum absolute atomic E-state index is 0.821. The lowest BCUT2D eigenvalue weighted by atomic mass is 10.2. The molecule has 90 valence electrons. The van der Waals surface area contributed by atoms with Gasteiger partial charge in [0.1, 0.15) is 0 Å². The van der Waals surface area contributed by atoms with Crippen LogP contribution in [0.5, 0.6) is 0 Å². The molecule has 2 aromatic heterocycles. The van der Waals surface area contributed by atoms with Gasteiger partial charge in [-0.05, 0) is 47.5 Å². The number of nitrogens with zero attached hydrogens (tertiary/aromatic N) is 1. The van der Waals surface area contributed by atoms with Crippen LogP contribution in [0.15, 0.2) is 28.9 Å². The lowest BCUT2D eigenvalue weighted by molar-refractivity contribution is 0.683. The van der Waals surface area contributed by atoms with E-state index < -0.39 is 0 Å². The van der Waals surface area contributed by atoms with Gasteiger partial charge < -0.3 is 5.32 Å². The van der Waals surface area contributed by atoms with Crippen molar-refractivity contribution in [3.63, 3.8) is 0 Å². The molecule has 0 aliphatic carbocycles. The number of aryl methyl sites for hydroxylation is 2. The fourth-order valence-electron chi connectivity index (χ4n) is 1.61. The van der Waals surface area contributed by atoms with Crippen molar-refractivity contribution >= 4 is 27.3 Å². The second-order valence-corrected chi connectivity index (χ2v) is 6.18. The van der Waals surface area contributed by atoms with Gasteiger partial charge in [-0.25, -0.2) is 0 Å². The van der Waals surface area contributed by atoms with E-state index in [9.17, 15) is 0 Å². The van der Waals surface area contributed by atoms with Gasteiger partial charge in [-0.1, -0.05) is 6.07 Å². The predicted molar refractivity (Wildman–Crippen MR) is 76.3 cm³/mol. The SMILES string of the molecule is Cc1cccnc1CNCc1cc(Br)c(C)s1. The van der Waals surface area contributed by atoms with Gasteiger partial charge in [0.05, 0.1) is 5.69 Å². The normalized spacial score (nSPS) is 10.8. The molecular weight excluding hydrogens is 296 g/mol. The van der Waals surface area contributed by atoms with Crippen molar-refractivity contribution in [3.05, 3.63) is 49.9 Å². The second-order valence-electron chi connectivity index (χ2n) is 3.99. The summed E-state index contributed by atoms with van der Waals surface area (Å²) in [7, 11) is 0. The van der Waals surface area contributed by atoms with Crippen LogP contribution in [0.1, 0.15) is 21.0 Å². The van der Waals surface area contributed by atoms with Crippen LogP contribution in [0.3, 0.4) is 0 Å². The fraction of sp³-hybridized carbons (Fsp3) is 0.308. The lowest BCUT2D eigenvalue weighted by Crippen LogP contribution is -2.13. The Labute approximate surface area is 114 Å². The molecule has 0 spiro atoms. The first-order valence-electron chi connectivity index (χ1n) is 5.53. The molecule has 1 N–H and O–H groups in total. The standard InChI is InChI=1S/C13H15BrN2S/c1-9-4-3-5-16-13(9)8-15-7-11-6-12(14)10(2)17-11/h3-6,15H,7-8H2,1-2H3. The van der Waals surface area contributed by atoms with Crippen LogP contribution in [-0.2, 0) is 13.1 Å². The summed E-state index contributed by atoms with van der Waals surface area (Å²) in [6.45, 7) is 5.94. The third-order valence-electron chi connectivity index (χ3n) is 2.62. The molecule has 0 radical (unpaired) electrons. The van der Waals surface area contributed by atoms with Gasteiger partial charge in [0.25, 0.3) is 0 Å². The minimum Gasteiger partial charge on any atom is -0.306 e. The van der Waals surface area contributed by atoms with Gasteiger partial charge in [-0.2, -0.15) is 0 Å². The van der Waals surface area contributed by atoms with Crippen molar-refractivity contribution < 1.29 is 0 Å². The Kier molecular flexibility index (Phi) is 4.31. The van der Waals surface area contributed by atoms with Crippen LogP contribution in [0.2, 0.25) is 0 Å². The van der Waals surface area contributed by atoms with Crippen LogP contribution in [0.4, 0.5) is 0 Å². The van der Waals surface area contributed by atoms with Crippen LogP contribution in [0, 0.1) is 13.8 Å². The van der Waals surface area contributed by atoms with Crippen molar-refractivity contribution in [2.45, 2.75) is 26.9 Å². The van der Waals surface area contributed by atoms with E-state index in [0.29, 0.717) is 0 Å². The van der Waals surface area contributed by atoms with E-state index in [2.05, 4.69) is 52.2 Å². The molecule has 0 aliphatic rings. The van der Waals surface area contributed by atoms with Gasteiger partial charge in [-0.15, -0.1) is 11.3 Å². The zero-order chi connectivity index (χ0) is 12.3. The molecule has 4 heteroatoms. The molecular formula is C13H15BrN2S. The average Bonchev–Trinajstić information content (AvgIpc) is 2.61. The third kappa shape index (κ3) is 3.37. The van der Waals surface area contributed by atoms with Crippen molar-refractivity contribution in [1.82, 2.24) is 10.3 Å². The average molecular weight is 311 g/mol. The molecule has 2 heterocycles. The number of rotatable bonds is 4. The summed E-state index contributed by atoms with van der Waals surface area (Å²) in [5, 5.41) is 3.43. The molecule has 0 saturated heterocycles. The maximum Gasteiger partial charge on any atom is 0.0570 e. The Balaban J connectivity index is 1.90. The van der Waals surface area contributed by atoms with E-state index in [-0.39, 0.29) is 0 Å². The minimum atomic E-state index is 0.821. The molecule has 0 bridgehead atoms. The molecule has 0 atom stereocenters. The number of nitrogens with one attached hydrogen (secondary N) is 1. The zero-order valence-electron chi connectivity index (χ0n) is 9.96. The Morgan fingerprint density at radius 2 is 2.18 bits per heavy atom. The first-order chi connectivity index (χ1) is 8.16. The van der Waals surface area contributed by atoms with Crippen LogP contribution in [0.25, 0.3) is 0 Å². The molecule has 0 aliphatic heterocycles. The number of hydrogen-bond acceptors (Lipinski definition) is 3. The smallest absolute Gasteiger partial charge is 0.0570 e. The van der Waals surface area contributed by atoms with Crippen molar-refractivity contribution in [2.24, 2.45) is 0 Å². The molecule has 0 saturated carbocycles. The predicted octanol–water partition coefficient (Wildman–Crippen LogP) is 3.81. The first kappa shape index (κ1) is 12.7. The van der Waals surface area contributed by atoms with E-state index in [1.165, 1.54) is 19.8 Å². The molecule has 0 fully saturated rings. The first-order valence-corrected chi connectivity index (χ1v) is 7.14. The zero-order valence-corrected chi connectivity index (χ0v) is 12.4. The summed E-state index contributed by atoms with van der Waals surface area (Å²) in [6, 6.07) is 6.24. The fourth-order valence-corrected chi connectivity index (χ4v) is 3.18. The molecule has 0 unspecified atom stereocenters. The van der Waals surface area contributed by atoms with E-state index in [0.717, 1.165) is 18.8 Å². The summed E-state index contributed by atoms with van der Waals surface area (Å²) in [5.41, 5.74) is 2.36. The Morgan fingerprint density at radius 1 is 1.35 bits per heavy atom. The molecule has 0 aromatic carbocycles. The Bertz CT molecular complexity index is 488. The monoisotopic (exact) mass is 310 g/mol. The summed E-state index contributed by atoms with van der Waals surface area (Å²) in [6.07, 6.45) is 1.84. The molecule has 2 nitrogen and oxygen atoms in total. The summed E-state index contributed by atoms with van der Waals surface area (Å²) < 4.78 is 1.20. The quantitative estimate of drug-likeness (QED) is 0.928. The van der Waals surface area contributed by atoms with Crippen LogP contribution >= 0.6 is 27.3 Å². The molecule has 17 heavy (non-hydrogen) atoms. The maximum absolute atomic E-state index is 4.36. The van der Waals surface area contributed by atoms with Crippen molar-refractivity contribution in [3.8, 4) is 0 Å². The topological polar surface area (TPSA) is 24.9 Å². The largest absolute Gasteiger partial charge is 0.306 e. The molecule has 2 rings (SSSR count). The third-order valence-corrected chi connectivity index (χ3v) is 4.75. The highest BCUT2D eigenvalue weighted by Gasteiger charge is 2.03. The van der Waals surface area contributed by atoms with E-state index in [1.807, 2.05) is 23.6 Å². The molecule has 2 aromatic rings. The van der Waals surface area contributed by atoms with Crippen molar-refractivity contribution in [1.29, 1.82) is 0 Å². The van der Waals surface area contributed by atoms with E-state index >= 15 is 0 Å². The van der Waals surface area contributed by atoms with Gasteiger partial charge >= 0.3 is 0 Å². The van der Waals surface area contributed by atoms with Gasteiger partial charge in [0, 0.05) is 33.5 Å². The number of halogens is 1. The van der Waals surface area contributed by atoms with Gasteiger partial charge in [0.15, 0.2) is 0 Å². The highest BCUT2D eigenvalue weighted by molar-refractivity contribution is 9.10. The lowest BCUT2D eigenvalue weighted by Gasteiger charge is -2.05. The van der Waals surface area contributed by atoms with E-state index in [4.69, 9.17) is 0 Å². The number of pyridine rings is 1. The van der Waals surface area contributed by atoms with E-state index in [1.54, 1.807) is 0 Å². The summed E-state index contributed by atoms with van der Waals surface area (Å²) in [4.78, 5) is 7.04. The van der Waals surface area contributed by atoms with Crippen LogP contribution < -0.4 is 5.32 Å². The number of hydrogen-bond donors (Lipinski definition) is 1. The van der Waals surface area contributed by atoms with Gasteiger partial charge in [-0.3, -0.25) is 4.98 Å². The summed E-state index contributed by atoms with van der Waals surface area (Å²) in [5.74, 6) is 0. The van der Waals surface area contributed by atoms with Crippen molar-refractivity contribution in [2.75, 3.05) is 0 Å². The van der Waals surface area contributed by atoms with Gasteiger partial charge in [0.2, 0.25) is 0 Å². The Morgan fingerprint density at radius 3 is 2.82 bits per heavy atom. The highest BCUT2D eigenvalue weighted by Crippen LogP contribution is 2.26. The van der Waals surface area contributed by atoms with Crippen LogP contribution in [-0.4, -0.2) is 4.98 Å². The maximum atomic E-state index is 4.36. The Hall–Kier alpha value is -0.710. The number of thiophene rings is 1. The second kappa shape index (κ2) is 5.76.